The molecule has 0 spiro atoms. The van der Waals surface area contributed by atoms with Gasteiger partial charge in [0.05, 0.1) is 6.54 Å². The van der Waals surface area contributed by atoms with Gasteiger partial charge >= 0.3 is 6.18 Å². The maximum Gasteiger partial charge on any atom is 0.401 e. The van der Waals surface area contributed by atoms with Crippen LogP contribution in [-0.2, 0) is 10.2 Å². The summed E-state index contributed by atoms with van der Waals surface area (Å²) in [5.41, 5.74) is 0. The highest BCUT2D eigenvalue weighted by Crippen LogP contribution is 2.23. The van der Waals surface area contributed by atoms with E-state index in [1.54, 1.807) is 0 Å². The molecule has 9 heteroatoms. The predicted molar refractivity (Wildman–Crippen MR) is 70.4 cm³/mol. The van der Waals surface area contributed by atoms with Crippen molar-refractivity contribution in [2.45, 2.75) is 25.4 Å². The molecule has 120 valence electrons. The summed E-state index contributed by atoms with van der Waals surface area (Å²) in [6.07, 6.45) is -2.12. The summed E-state index contributed by atoms with van der Waals surface area (Å²) in [4.78, 5) is 1.40. The van der Waals surface area contributed by atoms with Gasteiger partial charge in [0, 0.05) is 20.6 Å². The Bertz CT molecular complexity index is 390. The Morgan fingerprint density at radius 1 is 1.25 bits per heavy atom. The molecule has 1 aliphatic rings. The van der Waals surface area contributed by atoms with Crippen LogP contribution in [0, 0.1) is 5.92 Å². The fourth-order valence-corrected chi connectivity index (χ4v) is 2.84. The van der Waals surface area contributed by atoms with Crippen LogP contribution in [0.3, 0.4) is 0 Å². The first-order valence-corrected chi connectivity index (χ1v) is 8.00. The second kappa shape index (κ2) is 7.06. The quantitative estimate of drug-likeness (QED) is 0.797. The van der Waals surface area contributed by atoms with E-state index in [1.807, 2.05) is 0 Å². The van der Waals surface area contributed by atoms with Crippen molar-refractivity contribution in [3.63, 3.8) is 0 Å². The van der Waals surface area contributed by atoms with E-state index in [4.69, 9.17) is 0 Å². The Morgan fingerprint density at radius 3 is 2.25 bits per heavy atom. The van der Waals surface area contributed by atoms with Gasteiger partial charge < -0.3 is 0 Å². The number of alkyl halides is 3. The molecule has 0 atom stereocenters. The molecule has 0 aliphatic carbocycles. The maximum atomic E-state index is 12.2. The van der Waals surface area contributed by atoms with Crippen LogP contribution >= 0.6 is 0 Å². The van der Waals surface area contributed by atoms with Crippen LogP contribution in [0.2, 0.25) is 0 Å². The van der Waals surface area contributed by atoms with E-state index in [9.17, 15) is 21.6 Å². The Kier molecular flexibility index (Phi) is 6.24. The summed E-state index contributed by atoms with van der Waals surface area (Å²) >= 11 is 0. The molecular formula is C11H22F3N3O2S. The molecule has 1 aliphatic heterocycles. The smallest absolute Gasteiger partial charge is 0.295 e. The van der Waals surface area contributed by atoms with E-state index in [1.165, 1.54) is 19.0 Å². The first kappa shape index (κ1) is 17.7. The molecule has 0 aromatic heterocycles. The van der Waals surface area contributed by atoms with Crippen molar-refractivity contribution in [1.29, 1.82) is 0 Å². The fourth-order valence-electron chi connectivity index (χ4n) is 2.21. The summed E-state index contributed by atoms with van der Waals surface area (Å²) in [5.74, 6) is 0.282. The number of hydrogen-bond donors (Lipinski definition) is 1. The number of hydrogen-bond acceptors (Lipinski definition) is 3. The predicted octanol–water partition coefficient (Wildman–Crippen LogP) is 1.05. The first-order valence-electron chi connectivity index (χ1n) is 6.56. The van der Waals surface area contributed by atoms with Crippen LogP contribution in [0.25, 0.3) is 0 Å². The third-order valence-electron chi connectivity index (χ3n) is 3.43. The molecule has 0 unspecified atom stereocenters. The Balaban J connectivity index is 2.23. The number of nitrogens with one attached hydrogen (secondary N) is 1. The van der Waals surface area contributed by atoms with E-state index in [-0.39, 0.29) is 5.92 Å². The minimum Gasteiger partial charge on any atom is -0.295 e. The highest BCUT2D eigenvalue weighted by atomic mass is 32.2. The van der Waals surface area contributed by atoms with Gasteiger partial charge in [-0.2, -0.15) is 25.9 Å². The molecule has 0 radical (unpaired) electrons. The summed E-state index contributed by atoms with van der Waals surface area (Å²) in [7, 11) is -0.525. The van der Waals surface area contributed by atoms with Crippen LogP contribution in [0.15, 0.2) is 0 Å². The molecule has 1 saturated heterocycles. The zero-order chi connectivity index (χ0) is 15.4. The Labute approximate surface area is 118 Å². The van der Waals surface area contributed by atoms with E-state index >= 15 is 0 Å². The molecule has 20 heavy (non-hydrogen) atoms. The normalized spacial score (nSPS) is 19.7. The van der Waals surface area contributed by atoms with Gasteiger partial charge in [0.1, 0.15) is 0 Å². The molecule has 0 bridgehead atoms. The van der Waals surface area contributed by atoms with Crippen molar-refractivity contribution in [2.24, 2.45) is 5.92 Å². The number of piperidine rings is 1. The molecule has 1 rings (SSSR count). The van der Waals surface area contributed by atoms with Gasteiger partial charge in [-0.05, 0) is 38.3 Å². The molecule has 1 heterocycles. The van der Waals surface area contributed by atoms with Gasteiger partial charge in [0.25, 0.3) is 10.2 Å². The Morgan fingerprint density at radius 2 is 1.80 bits per heavy atom. The molecule has 1 N–H and O–H groups in total. The molecule has 5 nitrogen and oxygen atoms in total. The molecule has 0 aromatic carbocycles. The number of halogens is 3. The first-order chi connectivity index (χ1) is 9.10. The van der Waals surface area contributed by atoms with E-state index < -0.39 is 22.9 Å². The van der Waals surface area contributed by atoms with Crippen LogP contribution in [0.5, 0.6) is 0 Å². The van der Waals surface area contributed by atoms with Crippen molar-refractivity contribution in [1.82, 2.24) is 13.9 Å². The second-order valence-electron chi connectivity index (χ2n) is 5.31. The van der Waals surface area contributed by atoms with Crippen molar-refractivity contribution in [3.8, 4) is 0 Å². The monoisotopic (exact) mass is 317 g/mol. The zero-order valence-corrected chi connectivity index (χ0v) is 12.6. The molecule has 0 aromatic rings. The molecule has 0 saturated carbocycles. The lowest BCUT2D eigenvalue weighted by molar-refractivity contribution is -0.148. The van der Waals surface area contributed by atoms with Gasteiger partial charge in [0.2, 0.25) is 0 Å². The van der Waals surface area contributed by atoms with E-state index in [0.29, 0.717) is 38.9 Å². The van der Waals surface area contributed by atoms with Crippen LogP contribution in [-0.4, -0.2) is 64.1 Å². The zero-order valence-electron chi connectivity index (χ0n) is 11.8. The van der Waals surface area contributed by atoms with E-state index in [2.05, 4.69) is 4.72 Å². The minimum absolute atomic E-state index is 0.282. The number of likely N-dealkylation sites (tertiary alicyclic amines) is 1. The van der Waals surface area contributed by atoms with Gasteiger partial charge in [0.15, 0.2) is 0 Å². The van der Waals surface area contributed by atoms with Crippen molar-refractivity contribution < 1.29 is 21.6 Å². The average molecular weight is 317 g/mol. The number of nitrogens with zero attached hydrogens (tertiary/aromatic N) is 2. The SMILES string of the molecule is CN(C)S(=O)(=O)NCCC1CCN(CC(F)(F)F)CC1. The largest absolute Gasteiger partial charge is 0.401 e. The fraction of sp³-hybridized carbons (Fsp3) is 1.00. The van der Waals surface area contributed by atoms with Gasteiger partial charge in [-0.15, -0.1) is 0 Å². The van der Waals surface area contributed by atoms with Crippen molar-refractivity contribution >= 4 is 10.2 Å². The lowest BCUT2D eigenvalue weighted by Crippen LogP contribution is -2.41. The van der Waals surface area contributed by atoms with Gasteiger partial charge in [-0.25, -0.2) is 4.72 Å². The van der Waals surface area contributed by atoms with Crippen molar-refractivity contribution in [3.05, 3.63) is 0 Å². The van der Waals surface area contributed by atoms with E-state index in [0.717, 1.165) is 4.31 Å². The maximum absolute atomic E-state index is 12.2. The van der Waals surface area contributed by atoms with Crippen LogP contribution in [0.1, 0.15) is 19.3 Å². The molecule has 0 amide bonds. The highest BCUT2D eigenvalue weighted by molar-refractivity contribution is 7.87. The summed E-state index contributed by atoms with van der Waals surface area (Å²) in [6.45, 7) is 0.312. The second-order valence-corrected chi connectivity index (χ2v) is 7.27. The highest BCUT2D eigenvalue weighted by Gasteiger charge is 2.32. The summed E-state index contributed by atoms with van der Waals surface area (Å²) < 4.78 is 63.2. The standard InChI is InChI=1S/C11H22F3N3O2S/c1-16(2)20(18,19)15-6-3-10-4-7-17(8-5-10)9-11(12,13)14/h10,15H,3-9H2,1-2H3. The molecular weight excluding hydrogens is 295 g/mol. The van der Waals surface area contributed by atoms with Crippen LogP contribution < -0.4 is 4.72 Å². The van der Waals surface area contributed by atoms with Gasteiger partial charge in [-0.3, -0.25) is 4.90 Å². The minimum atomic E-state index is -4.14. The third-order valence-corrected chi connectivity index (χ3v) is 4.96. The lowest BCUT2D eigenvalue weighted by Gasteiger charge is -2.32. The summed E-state index contributed by atoms with van der Waals surface area (Å²) in [5, 5.41) is 0. The lowest BCUT2D eigenvalue weighted by atomic mass is 9.94. The summed E-state index contributed by atoms with van der Waals surface area (Å²) in [6, 6.07) is 0. The average Bonchev–Trinajstić information content (AvgIpc) is 2.29. The van der Waals surface area contributed by atoms with Gasteiger partial charge in [-0.1, -0.05) is 0 Å². The Hall–Kier alpha value is -0.380. The molecule has 1 fully saturated rings. The van der Waals surface area contributed by atoms with Crippen LogP contribution in [0.4, 0.5) is 13.2 Å². The third kappa shape index (κ3) is 6.38. The topological polar surface area (TPSA) is 52.7 Å². The van der Waals surface area contributed by atoms with Crippen molar-refractivity contribution in [2.75, 3.05) is 40.3 Å². The number of rotatable bonds is 6.